The van der Waals surface area contributed by atoms with Crippen molar-refractivity contribution in [1.82, 2.24) is 19.7 Å². The van der Waals surface area contributed by atoms with Gasteiger partial charge in [0, 0.05) is 69.5 Å². The van der Waals surface area contributed by atoms with Crippen molar-refractivity contribution in [2.24, 2.45) is 5.92 Å². The molecule has 0 aromatic carbocycles. The largest absolute Gasteiger partial charge is 0.347 e. The molecule has 0 spiro atoms. The van der Waals surface area contributed by atoms with E-state index in [-0.39, 0.29) is 5.92 Å². The minimum atomic E-state index is 0.141. The Morgan fingerprint density at radius 3 is 2.71 bits per heavy atom. The maximum atomic E-state index is 13.4. The van der Waals surface area contributed by atoms with Gasteiger partial charge in [0.25, 0.3) is 0 Å². The number of rotatable bonds is 10. The molecule has 6 nitrogen and oxygen atoms in total. The quantitative estimate of drug-likeness (QED) is 0.549. The predicted molar refractivity (Wildman–Crippen MR) is 129 cm³/mol. The zero-order chi connectivity index (χ0) is 21.6. The third kappa shape index (κ3) is 6.20. The smallest absolute Gasteiger partial charge is 0.227 e. The topological polar surface area (TPSA) is 42.9 Å². The lowest BCUT2D eigenvalue weighted by Crippen LogP contribution is -2.50. The van der Waals surface area contributed by atoms with Crippen LogP contribution in [-0.2, 0) is 4.79 Å². The van der Waals surface area contributed by atoms with Crippen LogP contribution in [0.25, 0.3) is 0 Å². The van der Waals surface area contributed by atoms with Gasteiger partial charge in [-0.15, -0.1) is 11.3 Å². The molecule has 3 heterocycles. The molecular weight excluding hydrogens is 406 g/mol. The third-order valence-corrected chi connectivity index (χ3v) is 8.15. The molecule has 31 heavy (non-hydrogen) atoms. The van der Waals surface area contributed by atoms with Gasteiger partial charge >= 0.3 is 0 Å². The molecule has 7 heteroatoms. The summed E-state index contributed by atoms with van der Waals surface area (Å²) in [5, 5.41) is 3.10. The minimum absolute atomic E-state index is 0.141. The summed E-state index contributed by atoms with van der Waals surface area (Å²) in [6, 6.07) is 1.13. The van der Waals surface area contributed by atoms with Crippen LogP contribution in [0.15, 0.2) is 11.6 Å². The SMILES string of the molecule is CCCN1CCN([C@H](C)CCCN(C(=O)[C@H]2CCCN(c3nccs3)C2)C2CC2)CC1. The highest BCUT2D eigenvalue weighted by molar-refractivity contribution is 7.13. The van der Waals surface area contributed by atoms with Crippen molar-refractivity contribution >= 4 is 22.4 Å². The summed E-state index contributed by atoms with van der Waals surface area (Å²) in [7, 11) is 0. The second-order valence-corrected chi connectivity index (χ2v) is 10.6. The number of hydrogen-bond acceptors (Lipinski definition) is 6. The van der Waals surface area contributed by atoms with Gasteiger partial charge in [-0.25, -0.2) is 4.98 Å². The van der Waals surface area contributed by atoms with E-state index in [9.17, 15) is 4.79 Å². The molecule has 4 rings (SSSR count). The molecule has 174 valence electrons. The van der Waals surface area contributed by atoms with E-state index in [1.165, 1.54) is 58.4 Å². The number of piperidine rings is 1. The van der Waals surface area contributed by atoms with Gasteiger partial charge in [-0.05, 0) is 58.4 Å². The number of nitrogens with zero attached hydrogens (tertiary/aromatic N) is 5. The molecular formula is C24H41N5OS. The van der Waals surface area contributed by atoms with Crippen LogP contribution in [0, 0.1) is 5.92 Å². The van der Waals surface area contributed by atoms with Gasteiger partial charge in [0.1, 0.15) is 0 Å². The van der Waals surface area contributed by atoms with Crippen molar-refractivity contribution in [1.29, 1.82) is 0 Å². The lowest BCUT2D eigenvalue weighted by molar-refractivity contribution is -0.136. The number of amides is 1. The lowest BCUT2D eigenvalue weighted by Gasteiger charge is -2.38. The monoisotopic (exact) mass is 447 g/mol. The van der Waals surface area contributed by atoms with E-state index in [1.807, 2.05) is 11.6 Å². The van der Waals surface area contributed by atoms with Crippen LogP contribution < -0.4 is 4.90 Å². The van der Waals surface area contributed by atoms with Crippen molar-refractivity contribution in [3.8, 4) is 0 Å². The normalized spacial score (nSPS) is 24.3. The molecule has 3 fully saturated rings. The number of anilines is 1. The first-order chi connectivity index (χ1) is 15.2. The summed E-state index contributed by atoms with van der Waals surface area (Å²) in [6.45, 7) is 13.5. The van der Waals surface area contributed by atoms with E-state index in [0.29, 0.717) is 18.0 Å². The number of aromatic nitrogens is 1. The molecule has 0 unspecified atom stereocenters. The van der Waals surface area contributed by atoms with Crippen LogP contribution >= 0.6 is 11.3 Å². The molecule has 1 aliphatic carbocycles. The van der Waals surface area contributed by atoms with Crippen LogP contribution in [0.2, 0.25) is 0 Å². The molecule has 0 bridgehead atoms. The Balaban J connectivity index is 1.23. The highest BCUT2D eigenvalue weighted by Gasteiger charge is 2.37. The van der Waals surface area contributed by atoms with E-state index in [4.69, 9.17) is 0 Å². The molecule has 0 radical (unpaired) electrons. The number of carbonyl (C=O) groups excluding carboxylic acids is 1. The Labute approximate surface area is 192 Å². The van der Waals surface area contributed by atoms with Gasteiger partial charge in [0.2, 0.25) is 5.91 Å². The molecule has 2 aliphatic heterocycles. The minimum Gasteiger partial charge on any atom is -0.347 e. The molecule has 2 atom stereocenters. The summed E-state index contributed by atoms with van der Waals surface area (Å²) in [6.07, 6.45) is 9.96. The highest BCUT2D eigenvalue weighted by Crippen LogP contribution is 2.32. The fourth-order valence-corrected chi connectivity index (χ4v) is 5.98. The Kier molecular flexibility index (Phi) is 8.24. The van der Waals surface area contributed by atoms with E-state index < -0.39 is 0 Å². The Hall–Kier alpha value is -1.18. The molecule has 1 aromatic heterocycles. The van der Waals surface area contributed by atoms with E-state index in [0.717, 1.165) is 44.0 Å². The van der Waals surface area contributed by atoms with Gasteiger partial charge in [-0.2, -0.15) is 0 Å². The lowest BCUT2D eigenvalue weighted by atomic mass is 9.96. The van der Waals surface area contributed by atoms with Crippen molar-refractivity contribution in [2.45, 2.75) is 70.9 Å². The number of hydrogen-bond donors (Lipinski definition) is 0. The number of carbonyl (C=O) groups is 1. The van der Waals surface area contributed by atoms with Gasteiger partial charge in [0.15, 0.2) is 5.13 Å². The van der Waals surface area contributed by atoms with Crippen molar-refractivity contribution in [3.05, 3.63) is 11.6 Å². The first kappa shape index (κ1) is 23.0. The summed E-state index contributed by atoms with van der Waals surface area (Å²) in [4.78, 5) is 27.7. The molecule has 3 aliphatic rings. The second-order valence-electron chi connectivity index (χ2n) is 9.73. The Bertz CT molecular complexity index is 672. The molecule has 1 aromatic rings. The fraction of sp³-hybridized carbons (Fsp3) is 0.833. The number of piperazine rings is 1. The first-order valence-corrected chi connectivity index (χ1v) is 13.4. The second kappa shape index (κ2) is 11.1. The van der Waals surface area contributed by atoms with E-state index in [1.54, 1.807) is 11.3 Å². The van der Waals surface area contributed by atoms with E-state index >= 15 is 0 Å². The van der Waals surface area contributed by atoms with Crippen LogP contribution in [0.1, 0.15) is 58.8 Å². The summed E-state index contributed by atoms with van der Waals surface area (Å²) in [5.74, 6) is 0.548. The average molecular weight is 448 g/mol. The maximum absolute atomic E-state index is 13.4. The zero-order valence-corrected chi connectivity index (χ0v) is 20.4. The van der Waals surface area contributed by atoms with Gasteiger partial charge in [-0.1, -0.05) is 6.92 Å². The van der Waals surface area contributed by atoms with Gasteiger partial charge in [-0.3, -0.25) is 9.69 Å². The summed E-state index contributed by atoms with van der Waals surface area (Å²) < 4.78 is 0. The Morgan fingerprint density at radius 2 is 2.03 bits per heavy atom. The molecule has 1 saturated carbocycles. The standard InChI is InChI=1S/C24H41N5OS/c1-3-11-26-14-16-27(17-15-26)20(2)6-4-13-29(22-8-9-22)23(30)21-7-5-12-28(19-21)24-25-10-18-31-24/h10,18,20-22H,3-9,11-17,19H2,1-2H3/t20-,21+/m1/s1. The number of thiazole rings is 1. The average Bonchev–Trinajstić information content (AvgIpc) is 3.49. The highest BCUT2D eigenvalue weighted by atomic mass is 32.1. The van der Waals surface area contributed by atoms with Crippen LogP contribution in [0.4, 0.5) is 5.13 Å². The molecule has 0 N–H and O–H groups in total. The van der Waals surface area contributed by atoms with Gasteiger partial charge < -0.3 is 14.7 Å². The van der Waals surface area contributed by atoms with Gasteiger partial charge in [0.05, 0.1) is 5.92 Å². The summed E-state index contributed by atoms with van der Waals surface area (Å²) >= 11 is 1.69. The maximum Gasteiger partial charge on any atom is 0.227 e. The molecule has 1 amide bonds. The summed E-state index contributed by atoms with van der Waals surface area (Å²) in [5.41, 5.74) is 0. The van der Waals surface area contributed by atoms with Crippen molar-refractivity contribution in [3.63, 3.8) is 0 Å². The zero-order valence-electron chi connectivity index (χ0n) is 19.5. The fourth-order valence-electron chi connectivity index (χ4n) is 5.30. The predicted octanol–water partition coefficient (Wildman–Crippen LogP) is 3.55. The third-order valence-electron chi connectivity index (χ3n) is 7.32. The van der Waals surface area contributed by atoms with E-state index in [2.05, 4.69) is 38.4 Å². The van der Waals surface area contributed by atoms with Crippen molar-refractivity contribution < 1.29 is 4.79 Å². The molecule has 2 saturated heterocycles. The van der Waals surface area contributed by atoms with Crippen LogP contribution in [0.5, 0.6) is 0 Å². The van der Waals surface area contributed by atoms with Crippen molar-refractivity contribution in [2.75, 3.05) is 57.3 Å². The first-order valence-electron chi connectivity index (χ1n) is 12.6. The Morgan fingerprint density at radius 1 is 1.23 bits per heavy atom. The van der Waals surface area contributed by atoms with Crippen LogP contribution in [-0.4, -0.2) is 90.0 Å². The van der Waals surface area contributed by atoms with Crippen LogP contribution in [0.3, 0.4) is 0 Å².